The van der Waals surface area contributed by atoms with Crippen LogP contribution in [-0.4, -0.2) is 34.3 Å². The van der Waals surface area contributed by atoms with Crippen molar-refractivity contribution in [1.29, 1.82) is 0 Å². The molecule has 154 valence electrons. The Morgan fingerprint density at radius 3 is 2.48 bits per heavy atom. The fourth-order valence-electron chi connectivity index (χ4n) is 3.11. The third-order valence-corrected chi connectivity index (χ3v) is 4.58. The zero-order valence-corrected chi connectivity index (χ0v) is 19.8. The van der Waals surface area contributed by atoms with Crippen molar-refractivity contribution >= 4 is 29.9 Å². The summed E-state index contributed by atoms with van der Waals surface area (Å²) in [7, 11) is 1.79. The molecule has 6 nitrogen and oxygen atoms in total. The molecule has 2 aromatic heterocycles. The van der Waals surface area contributed by atoms with E-state index in [9.17, 15) is 0 Å². The Morgan fingerprint density at radius 1 is 1.03 bits per heavy atom. The molecule has 0 saturated heterocycles. The second-order valence-electron chi connectivity index (χ2n) is 6.88. The quantitative estimate of drug-likeness (QED) is 0.305. The molecule has 0 aliphatic heterocycles. The van der Waals surface area contributed by atoms with Crippen LogP contribution < -0.4 is 10.6 Å². The molecule has 0 amide bonds. The summed E-state index contributed by atoms with van der Waals surface area (Å²) in [6.45, 7) is 7.55. The molecule has 0 bridgehead atoms. The molecular formula is C22H29IN6. The molecule has 0 unspecified atom stereocenters. The number of nitrogens with zero attached hydrogens (tertiary/aromatic N) is 4. The average Bonchev–Trinajstić information content (AvgIpc) is 3.04. The third-order valence-electron chi connectivity index (χ3n) is 4.58. The highest BCUT2D eigenvalue weighted by atomic mass is 127. The molecule has 3 aromatic rings. The molecule has 0 atom stereocenters. The van der Waals surface area contributed by atoms with Gasteiger partial charge < -0.3 is 10.6 Å². The van der Waals surface area contributed by atoms with Gasteiger partial charge in [0.2, 0.25) is 0 Å². The van der Waals surface area contributed by atoms with Gasteiger partial charge in [-0.3, -0.25) is 9.98 Å². The topological polar surface area (TPSA) is 67.1 Å². The van der Waals surface area contributed by atoms with E-state index in [-0.39, 0.29) is 24.0 Å². The largest absolute Gasteiger partial charge is 0.356 e. The minimum absolute atomic E-state index is 0. The summed E-state index contributed by atoms with van der Waals surface area (Å²) in [5, 5.41) is 11.4. The molecule has 0 fully saturated rings. The third kappa shape index (κ3) is 6.28. The Balaban J connectivity index is 0.00000300. The number of pyridine rings is 1. The maximum Gasteiger partial charge on any atom is 0.191 e. The number of aromatic nitrogens is 3. The summed E-state index contributed by atoms with van der Waals surface area (Å²) < 4.78 is 1.99. The van der Waals surface area contributed by atoms with Gasteiger partial charge in [-0.1, -0.05) is 24.3 Å². The van der Waals surface area contributed by atoms with Crippen molar-refractivity contribution in [3.63, 3.8) is 0 Å². The normalized spacial score (nSPS) is 11.1. The van der Waals surface area contributed by atoms with Gasteiger partial charge in [-0.2, -0.15) is 5.10 Å². The predicted octanol–water partition coefficient (Wildman–Crippen LogP) is 3.72. The van der Waals surface area contributed by atoms with Crippen molar-refractivity contribution < 1.29 is 0 Å². The fourth-order valence-corrected chi connectivity index (χ4v) is 3.11. The van der Waals surface area contributed by atoms with Crippen molar-refractivity contribution in [3.8, 4) is 5.69 Å². The number of aliphatic imine (C=N–C) groups is 1. The van der Waals surface area contributed by atoms with Gasteiger partial charge in [0.15, 0.2) is 5.96 Å². The highest BCUT2D eigenvalue weighted by Crippen LogP contribution is 2.16. The summed E-state index contributed by atoms with van der Waals surface area (Å²) in [5.41, 5.74) is 6.64. The highest BCUT2D eigenvalue weighted by Gasteiger charge is 2.09. The standard InChI is InChI=1S/C22H28N6.HI/c1-16-9-10-19(14-25-16)11-12-24-22(23-4)26-15-20-7-5-6-8-21(20)28-18(3)13-17(2)27-28;/h5-10,13-14H,11-12,15H2,1-4H3,(H2,23,24,26);1H. The van der Waals surface area contributed by atoms with Gasteiger partial charge in [-0.15, -0.1) is 24.0 Å². The van der Waals surface area contributed by atoms with Crippen LogP contribution in [0, 0.1) is 20.8 Å². The molecule has 0 aliphatic carbocycles. The van der Waals surface area contributed by atoms with Crippen LogP contribution >= 0.6 is 24.0 Å². The van der Waals surface area contributed by atoms with Crippen LogP contribution in [0.1, 0.15) is 28.2 Å². The number of nitrogens with one attached hydrogen (secondary N) is 2. The first kappa shape index (κ1) is 22.9. The predicted molar refractivity (Wildman–Crippen MR) is 129 cm³/mol. The Bertz CT molecular complexity index is 946. The Morgan fingerprint density at radius 2 is 1.83 bits per heavy atom. The van der Waals surface area contributed by atoms with Gasteiger partial charge in [0, 0.05) is 37.7 Å². The number of rotatable bonds is 6. The van der Waals surface area contributed by atoms with E-state index in [1.54, 1.807) is 7.05 Å². The highest BCUT2D eigenvalue weighted by molar-refractivity contribution is 14.0. The van der Waals surface area contributed by atoms with Gasteiger partial charge in [0.1, 0.15) is 0 Å². The monoisotopic (exact) mass is 504 g/mol. The Hall–Kier alpha value is -2.42. The second kappa shape index (κ2) is 10.9. The number of guanidine groups is 1. The van der Waals surface area contributed by atoms with E-state index >= 15 is 0 Å². The van der Waals surface area contributed by atoms with Crippen molar-refractivity contribution in [2.75, 3.05) is 13.6 Å². The molecule has 0 spiro atoms. The number of hydrogen-bond donors (Lipinski definition) is 2. The summed E-state index contributed by atoms with van der Waals surface area (Å²) in [6.07, 6.45) is 2.83. The van der Waals surface area contributed by atoms with Gasteiger partial charge in [-0.05, 0) is 56.5 Å². The molecular weight excluding hydrogens is 475 g/mol. The van der Waals surface area contributed by atoms with Gasteiger partial charge >= 0.3 is 0 Å². The van der Waals surface area contributed by atoms with Crippen LogP contribution in [0.4, 0.5) is 0 Å². The lowest BCUT2D eigenvalue weighted by Gasteiger charge is -2.15. The van der Waals surface area contributed by atoms with E-state index in [1.807, 2.05) is 42.9 Å². The summed E-state index contributed by atoms with van der Waals surface area (Å²) in [5.74, 6) is 0.781. The van der Waals surface area contributed by atoms with Crippen molar-refractivity contribution in [2.45, 2.75) is 33.7 Å². The SMILES string of the molecule is CN=C(NCCc1ccc(C)nc1)NCc1ccccc1-n1nc(C)cc1C.I. The maximum absolute atomic E-state index is 4.61. The first-order chi connectivity index (χ1) is 13.6. The molecule has 7 heteroatoms. The number of para-hydroxylation sites is 1. The zero-order chi connectivity index (χ0) is 19.9. The lowest BCUT2D eigenvalue weighted by atomic mass is 10.1. The zero-order valence-electron chi connectivity index (χ0n) is 17.4. The van der Waals surface area contributed by atoms with Crippen LogP contribution in [0.25, 0.3) is 5.69 Å². The number of hydrogen-bond acceptors (Lipinski definition) is 3. The fraction of sp³-hybridized carbons (Fsp3) is 0.318. The number of aryl methyl sites for hydroxylation is 3. The molecule has 2 heterocycles. The van der Waals surface area contributed by atoms with E-state index in [1.165, 1.54) is 11.1 Å². The molecule has 1 aromatic carbocycles. The lowest BCUT2D eigenvalue weighted by molar-refractivity contribution is 0.774. The molecule has 2 N–H and O–H groups in total. The van der Waals surface area contributed by atoms with Gasteiger partial charge in [0.05, 0.1) is 11.4 Å². The van der Waals surface area contributed by atoms with E-state index in [2.05, 4.69) is 56.9 Å². The Kier molecular flexibility index (Phi) is 8.63. The molecule has 0 aliphatic rings. The van der Waals surface area contributed by atoms with Crippen LogP contribution in [0.2, 0.25) is 0 Å². The summed E-state index contributed by atoms with van der Waals surface area (Å²) >= 11 is 0. The molecule has 0 radical (unpaired) electrons. The average molecular weight is 504 g/mol. The van der Waals surface area contributed by atoms with Crippen molar-refractivity contribution in [3.05, 3.63) is 76.9 Å². The van der Waals surface area contributed by atoms with E-state index in [0.29, 0.717) is 6.54 Å². The molecule has 0 saturated carbocycles. The van der Waals surface area contributed by atoms with Crippen LogP contribution in [0.5, 0.6) is 0 Å². The molecule has 29 heavy (non-hydrogen) atoms. The number of halogens is 1. The lowest BCUT2D eigenvalue weighted by Crippen LogP contribution is -2.38. The molecule has 3 rings (SSSR count). The smallest absolute Gasteiger partial charge is 0.191 e. The first-order valence-electron chi connectivity index (χ1n) is 9.54. The van der Waals surface area contributed by atoms with Crippen LogP contribution in [-0.2, 0) is 13.0 Å². The van der Waals surface area contributed by atoms with Crippen LogP contribution in [0.3, 0.4) is 0 Å². The Labute approximate surface area is 189 Å². The van der Waals surface area contributed by atoms with E-state index in [4.69, 9.17) is 0 Å². The summed E-state index contributed by atoms with van der Waals surface area (Å²) in [4.78, 5) is 8.67. The van der Waals surface area contributed by atoms with Gasteiger partial charge in [-0.25, -0.2) is 4.68 Å². The van der Waals surface area contributed by atoms with Crippen molar-refractivity contribution in [1.82, 2.24) is 25.4 Å². The second-order valence-corrected chi connectivity index (χ2v) is 6.88. The minimum Gasteiger partial charge on any atom is -0.356 e. The maximum atomic E-state index is 4.61. The first-order valence-corrected chi connectivity index (χ1v) is 9.54. The van der Waals surface area contributed by atoms with E-state index < -0.39 is 0 Å². The van der Waals surface area contributed by atoms with Gasteiger partial charge in [0.25, 0.3) is 0 Å². The summed E-state index contributed by atoms with van der Waals surface area (Å²) in [6, 6.07) is 14.5. The van der Waals surface area contributed by atoms with E-state index in [0.717, 1.165) is 41.7 Å². The van der Waals surface area contributed by atoms with Crippen LogP contribution in [0.15, 0.2) is 53.7 Å². The number of benzene rings is 1. The minimum atomic E-state index is 0. The van der Waals surface area contributed by atoms with Crippen molar-refractivity contribution in [2.24, 2.45) is 4.99 Å².